The van der Waals surface area contributed by atoms with Crippen LogP contribution in [-0.2, 0) is 6.54 Å². The number of nitrogens with one attached hydrogen (secondary N) is 1. The maximum absolute atomic E-state index is 15.1. The summed E-state index contributed by atoms with van der Waals surface area (Å²) in [5.41, 5.74) is 3.38. The zero-order chi connectivity index (χ0) is 22.4. The first-order valence-electron chi connectivity index (χ1n) is 10.9. The first-order valence-corrected chi connectivity index (χ1v) is 10.9. The lowest BCUT2D eigenvalue weighted by Crippen LogP contribution is -2.22. The molecule has 1 amide bonds. The van der Waals surface area contributed by atoms with Crippen LogP contribution in [0.5, 0.6) is 0 Å². The van der Waals surface area contributed by atoms with Gasteiger partial charge in [-0.1, -0.05) is 0 Å². The SMILES string of the molecule is CCN1Cc2c(ccnc2N[C@@H](C)c2cc(F)c(-c3ccnc(C4CC4)c3)cc2F)C1=O. The van der Waals surface area contributed by atoms with E-state index in [0.29, 0.717) is 36.0 Å². The summed E-state index contributed by atoms with van der Waals surface area (Å²) in [5, 5.41) is 3.18. The van der Waals surface area contributed by atoms with E-state index >= 15 is 8.78 Å². The van der Waals surface area contributed by atoms with Crippen molar-refractivity contribution in [2.45, 2.75) is 45.2 Å². The number of nitrogens with zero attached hydrogens (tertiary/aromatic N) is 3. The largest absolute Gasteiger partial charge is 0.363 e. The number of benzene rings is 1. The Morgan fingerprint density at radius 1 is 1.09 bits per heavy atom. The van der Waals surface area contributed by atoms with Gasteiger partial charge in [-0.3, -0.25) is 9.78 Å². The van der Waals surface area contributed by atoms with E-state index in [2.05, 4.69) is 15.3 Å². The molecule has 0 spiro atoms. The number of pyridine rings is 2. The van der Waals surface area contributed by atoms with Crippen LogP contribution in [0.2, 0.25) is 0 Å². The van der Waals surface area contributed by atoms with Crippen molar-refractivity contribution in [2.24, 2.45) is 0 Å². The van der Waals surface area contributed by atoms with Gasteiger partial charge in [-0.05, 0) is 62.6 Å². The number of aromatic nitrogens is 2. The summed E-state index contributed by atoms with van der Waals surface area (Å²) >= 11 is 0. The minimum absolute atomic E-state index is 0.0369. The number of fused-ring (bicyclic) bond motifs is 1. The van der Waals surface area contributed by atoms with Gasteiger partial charge in [-0.2, -0.15) is 0 Å². The van der Waals surface area contributed by atoms with E-state index in [9.17, 15) is 4.79 Å². The molecule has 1 atom stereocenters. The molecule has 2 aliphatic rings. The minimum Gasteiger partial charge on any atom is -0.363 e. The standard InChI is InChI=1S/C25H24F2N4O/c1-3-31-13-20-17(25(31)32)7-9-29-24(20)30-14(2)18-11-22(27)19(12-21(18)26)16-6-8-28-23(10-16)15-4-5-15/h6-12,14-15H,3-5,13H2,1-2H3,(H,29,30)/t14-/m0/s1. The predicted octanol–water partition coefficient (Wildman–Crippen LogP) is 5.45. The summed E-state index contributed by atoms with van der Waals surface area (Å²) in [6, 6.07) is 7.21. The highest BCUT2D eigenvalue weighted by Crippen LogP contribution is 2.40. The normalized spacial score (nSPS) is 16.2. The average molecular weight is 434 g/mol. The summed E-state index contributed by atoms with van der Waals surface area (Å²) in [6.45, 7) is 4.73. The second kappa shape index (κ2) is 7.97. The van der Waals surface area contributed by atoms with Crippen LogP contribution in [0, 0.1) is 11.6 Å². The molecule has 2 aromatic heterocycles. The summed E-state index contributed by atoms with van der Waals surface area (Å²) in [5.74, 6) is -0.0648. The fraction of sp³-hybridized carbons (Fsp3) is 0.320. The Bertz CT molecular complexity index is 1210. The lowest BCUT2D eigenvalue weighted by Gasteiger charge is -2.19. The molecule has 1 fully saturated rings. The monoisotopic (exact) mass is 434 g/mol. The average Bonchev–Trinajstić information content (AvgIpc) is 3.59. The van der Waals surface area contributed by atoms with Crippen LogP contribution in [0.1, 0.15) is 65.8 Å². The van der Waals surface area contributed by atoms with Gasteiger partial charge in [0.2, 0.25) is 0 Å². The van der Waals surface area contributed by atoms with E-state index in [1.165, 1.54) is 12.1 Å². The van der Waals surface area contributed by atoms with Gasteiger partial charge in [0.15, 0.2) is 0 Å². The second-order valence-corrected chi connectivity index (χ2v) is 8.47. The lowest BCUT2D eigenvalue weighted by molar-refractivity contribution is 0.0787. The highest BCUT2D eigenvalue weighted by Gasteiger charge is 2.30. The smallest absolute Gasteiger partial charge is 0.254 e. The molecule has 0 unspecified atom stereocenters. The molecule has 1 aliphatic carbocycles. The Morgan fingerprint density at radius 3 is 2.62 bits per heavy atom. The van der Waals surface area contributed by atoms with E-state index in [0.717, 1.165) is 24.1 Å². The molecule has 1 N–H and O–H groups in total. The summed E-state index contributed by atoms with van der Waals surface area (Å²) in [6.07, 6.45) is 5.40. The lowest BCUT2D eigenvalue weighted by atomic mass is 9.99. The molecule has 0 bridgehead atoms. The number of rotatable bonds is 6. The van der Waals surface area contributed by atoms with Gasteiger partial charge in [-0.15, -0.1) is 0 Å². The van der Waals surface area contributed by atoms with Gasteiger partial charge in [0, 0.05) is 52.8 Å². The van der Waals surface area contributed by atoms with E-state index in [1.807, 2.05) is 13.0 Å². The number of anilines is 1. The first-order chi connectivity index (χ1) is 15.5. The molecule has 7 heteroatoms. The van der Waals surface area contributed by atoms with Crippen molar-refractivity contribution in [1.82, 2.24) is 14.9 Å². The number of hydrogen-bond donors (Lipinski definition) is 1. The molecule has 1 aliphatic heterocycles. The highest BCUT2D eigenvalue weighted by atomic mass is 19.1. The fourth-order valence-corrected chi connectivity index (χ4v) is 4.28. The molecule has 5 nitrogen and oxygen atoms in total. The Labute approximate surface area is 185 Å². The molecule has 1 saturated carbocycles. The van der Waals surface area contributed by atoms with Gasteiger partial charge in [0.25, 0.3) is 5.91 Å². The van der Waals surface area contributed by atoms with Gasteiger partial charge in [-0.25, -0.2) is 13.8 Å². The van der Waals surface area contributed by atoms with Crippen LogP contribution >= 0.6 is 0 Å². The van der Waals surface area contributed by atoms with Crippen LogP contribution in [0.4, 0.5) is 14.6 Å². The number of amides is 1. The molecule has 0 saturated heterocycles. The van der Waals surface area contributed by atoms with Gasteiger partial charge in [0.1, 0.15) is 17.5 Å². The highest BCUT2D eigenvalue weighted by molar-refractivity contribution is 5.99. The summed E-state index contributed by atoms with van der Waals surface area (Å²) in [4.78, 5) is 22.9. The summed E-state index contributed by atoms with van der Waals surface area (Å²) in [7, 11) is 0. The van der Waals surface area contributed by atoms with E-state index < -0.39 is 17.7 Å². The van der Waals surface area contributed by atoms with Crippen LogP contribution in [0.15, 0.2) is 42.7 Å². The molecule has 164 valence electrons. The number of carbonyl (C=O) groups is 1. The van der Waals surface area contributed by atoms with Crippen molar-refractivity contribution in [3.05, 3.63) is 76.7 Å². The van der Waals surface area contributed by atoms with Crippen LogP contribution < -0.4 is 5.32 Å². The summed E-state index contributed by atoms with van der Waals surface area (Å²) < 4.78 is 30.1. The van der Waals surface area contributed by atoms with E-state index in [1.54, 1.807) is 36.4 Å². The number of hydrogen-bond acceptors (Lipinski definition) is 4. The number of carbonyl (C=O) groups excluding carboxylic acids is 1. The third kappa shape index (κ3) is 3.61. The van der Waals surface area contributed by atoms with Crippen molar-refractivity contribution in [3.63, 3.8) is 0 Å². The van der Waals surface area contributed by atoms with Crippen molar-refractivity contribution in [3.8, 4) is 11.1 Å². The van der Waals surface area contributed by atoms with Gasteiger partial charge >= 0.3 is 0 Å². The zero-order valence-corrected chi connectivity index (χ0v) is 18.0. The molecule has 1 aromatic carbocycles. The predicted molar refractivity (Wildman–Crippen MR) is 118 cm³/mol. The molecular formula is C25H24F2N4O. The minimum atomic E-state index is -0.539. The van der Waals surface area contributed by atoms with Gasteiger partial charge < -0.3 is 10.2 Å². The number of halogens is 2. The van der Waals surface area contributed by atoms with E-state index in [-0.39, 0.29) is 17.0 Å². The zero-order valence-electron chi connectivity index (χ0n) is 18.0. The molecule has 32 heavy (non-hydrogen) atoms. The Kier molecular flexibility index (Phi) is 5.12. The molecule has 3 heterocycles. The Hall–Kier alpha value is -3.35. The van der Waals surface area contributed by atoms with Crippen molar-refractivity contribution < 1.29 is 13.6 Å². The van der Waals surface area contributed by atoms with E-state index in [4.69, 9.17) is 0 Å². The van der Waals surface area contributed by atoms with Crippen LogP contribution in [0.3, 0.4) is 0 Å². The van der Waals surface area contributed by atoms with Crippen molar-refractivity contribution in [1.29, 1.82) is 0 Å². The first kappa shape index (κ1) is 20.5. The third-order valence-corrected chi connectivity index (χ3v) is 6.30. The molecule has 0 radical (unpaired) electrons. The molecular weight excluding hydrogens is 410 g/mol. The van der Waals surface area contributed by atoms with Crippen molar-refractivity contribution >= 4 is 11.7 Å². The van der Waals surface area contributed by atoms with Crippen molar-refractivity contribution in [2.75, 3.05) is 11.9 Å². The maximum Gasteiger partial charge on any atom is 0.254 e. The Morgan fingerprint density at radius 2 is 1.88 bits per heavy atom. The van der Waals surface area contributed by atoms with Crippen LogP contribution in [0.25, 0.3) is 11.1 Å². The fourth-order valence-electron chi connectivity index (χ4n) is 4.28. The molecule has 3 aromatic rings. The third-order valence-electron chi connectivity index (χ3n) is 6.30. The quantitative estimate of drug-likeness (QED) is 0.561. The maximum atomic E-state index is 15.1. The second-order valence-electron chi connectivity index (χ2n) is 8.47. The van der Waals surface area contributed by atoms with Gasteiger partial charge in [0.05, 0.1) is 12.6 Å². The topological polar surface area (TPSA) is 58.1 Å². The van der Waals surface area contributed by atoms with Crippen LogP contribution in [-0.4, -0.2) is 27.3 Å². The molecule has 5 rings (SSSR count). The Balaban J connectivity index is 1.42.